The highest BCUT2D eigenvalue weighted by Crippen LogP contribution is 2.18. The molecule has 0 bridgehead atoms. The summed E-state index contributed by atoms with van der Waals surface area (Å²) in [4.78, 5) is 10.9. The first-order valence-electron chi connectivity index (χ1n) is 3.79. The molecule has 1 rings (SSSR count). The number of benzene rings is 1. The van der Waals surface area contributed by atoms with E-state index in [4.69, 9.17) is 10.9 Å². The van der Waals surface area contributed by atoms with E-state index in [2.05, 4.69) is 0 Å². The standard InChI is InChI=1S/C8H10N2O3S/c9-8(11)7(14(10,12)13)6-4-2-1-3-5-6/h1-5,7H,(H2,9,11)(H2,10,12,13). The SMILES string of the molecule is NC(=O)C(c1ccccc1)S(N)(=O)=O. The Morgan fingerprint density at radius 3 is 2.07 bits per heavy atom. The molecule has 1 aromatic carbocycles. The van der Waals surface area contributed by atoms with E-state index in [0.29, 0.717) is 0 Å². The van der Waals surface area contributed by atoms with Crippen LogP contribution in [0.3, 0.4) is 0 Å². The van der Waals surface area contributed by atoms with Gasteiger partial charge in [0.1, 0.15) is 0 Å². The van der Waals surface area contributed by atoms with Crippen molar-refractivity contribution in [2.24, 2.45) is 10.9 Å². The summed E-state index contributed by atoms with van der Waals surface area (Å²) in [5.74, 6) is -0.973. The van der Waals surface area contributed by atoms with Crippen LogP contribution in [0.1, 0.15) is 10.8 Å². The minimum absolute atomic E-state index is 0.280. The van der Waals surface area contributed by atoms with E-state index < -0.39 is 21.2 Å². The number of rotatable bonds is 3. The van der Waals surface area contributed by atoms with Crippen LogP contribution in [0.15, 0.2) is 30.3 Å². The van der Waals surface area contributed by atoms with Crippen LogP contribution in [0.5, 0.6) is 0 Å². The molecule has 6 heteroatoms. The number of nitrogens with two attached hydrogens (primary N) is 2. The Bertz CT molecular complexity index is 427. The van der Waals surface area contributed by atoms with Gasteiger partial charge < -0.3 is 5.73 Å². The van der Waals surface area contributed by atoms with Crippen LogP contribution < -0.4 is 10.9 Å². The van der Waals surface area contributed by atoms with Gasteiger partial charge in [-0.15, -0.1) is 0 Å². The van der Waals surface area contributed by atoms with Gasteiger partial charge in [-0.3, -0.25) is 4.79 Å². The molecule has 0 aliphatic carbocycles. The molecule has 1 amide bonds. The molecular formula is C8H10N2O3S. The van der Waals surface area contributed by atoms with Gasteiger partial charge in [0.25, 0.3) is 0 Å². The van der Waals surface area contributed by atoms with Crippen LogP contribution in [-0.4, -0.2) is 14.3 Å². The molecule has 76 valence electrons. The smallest absolute Gasteiger partial charge is 0.241 e. The third-order valence-electron chi connectivity index (χ3n) is 1.69. The Labute approximate surface area is 81.8 Å². The summed E-state index contributed by atoms with van der Waals surface area (Å²) in [5.41, 5.74) is 5.24. The van der Waals surface area contributed by atoms with Gasteiger partial charge >= 0.3 is 0 Å². The first-order valence-corrected chi connectivity index (χ1v) is 5.40. The Hall–Kier alpha value is -1.40. The van der Waals surface area contributed by atoms with Crippen molar-refractivity contribution in [1.82, 2.24) is 0 Å². The molecule has 4 N–H and O–H groups in total. The number of sulfonamides is 1. The second-order valence-electron chi connectivity index (χ2n) is 2.78. The van der Waals surface area contributed by atoms with Gasteiger partial charge in [0.05, 0.1) is 0 Å². The molecule has 0 saturated carbocycles. The maximum absolute atomic E-state index is 11.1. The van der Waals surface area contributed by atoms with Crippen molar-refractivity contribution in [2.45, 2.75) is 5.25 Å². The Kier molecular flexibility index (Phi) is 2.87. The fraction of sp³-hybridized carbons (Fsp3) is 0.125. The summed E-state index contributed by atoms with van der Waals surface area (Å²) in [5, 5.41) is 3.42. The number of hydrogen-bond acceptors (Lipinski definition) is 3. The lowest BCUT2D eigenvalue weighted by Crippen LogP contribution is -2.32. The fourth-order valence-corrected chi connectivity index (χ4v) is 2.00. The molecule has 0 fully saturated rings. The van der Waals surface area contributed by atoms with Crippen LogP contribution in [0, 0.1) is 0 Å². The molecule has 0 spiro atoms. The summed E-state index contributed by atoms with van der Waals surface area (Å²) in [6.45, 7) is 0. The summed E-state index contributed by atoms with van der Waals surface area (Å²) in [6.07, 6.45) is 0. The molecular weight excluding hydrogens is 204 g/mol. The zero-order valence-electron chi connectivity index (χ0n) is 7.25. The Balaban J connectivity index is 3.22. The van der Waals surface area contributed by atoms with E-state index in [0.717, 1.165) is 0 Å². The van der Waals surface area contributed by atoms with E-state index in [1.807, 2.05) is 0 Å². The molecule has 1 atom stereocenters. The molecule has 1 aromatic rings. The topological polar surface area (TPSA) is 103 Å². The maximum atomic E-state index is 11.1. The average Bonchev–Trinajstić information content (AvgIpc) is 2.02. The highest BCUT2D eigenvalue weighted by Gasteiger charge is 2.28. The van der Waals surface area contributed by atoms with Crippen molar-refractivity contribution < 1.29 is 13.2 Å². The Morgan fingerprint density at radius 2 is 1.71 bits per heavy atom. The molecule has 0 aliphatic rings. The molecule has 0 radical (unpaired) electrons. The monoisotopic (exact) mass is 214 g/mol. The number of hydrogen-bond donors (Lipinski definition) is 2. The van der Waals surface area contributed by atoms with Crippen molar-refractivity contribution in [3.05, 3.63) is 35.9 Å². The van der Waals surface area contributed by atoms with Gasteiger partial charge in [0.2, 0.25) is 15.9 Å². The van der Waals surface area contributed by atoms with Gasteiger partial charge in [-0.2, -0.15) is 0 Å². The third kappa shape index (κ3) is 2.30. The van der Waals surface area contributed by atoms with Crippen LogP contribution in [0.4, 0.5) is 0 Å². The molecule has 0 aromatic heterocycles. The van der Waals surface area contributed by atoms with Gasteiger partial charge in [0.15, 0.2) is 5.25 Å². The molecule has 0 aliphatic heterocycles. The fourth-order valence-electron chi connectivity index (χ4n) is 1.14. The van der Waals surface area contributed by atoms with Crippen LogP contribution in [-0.2, 0) is 14.8 Å². The van der Waals surface area contributed by atoms with Crippen molar-refractivity contribution >= 4 is 15.9 Å². The van der Waals surface area contributed by atoms with Crippen molar-refractivity contribution in [3.63, 3.8) is 0 Å². The summed E-state index contributed by atoms with van der Waals surface area (Å²) in [6, 6.07) is 7.89. The quantitative estimate of drug-likeness (QED) is 0.708. The predicted octanol–water partition coefficient (Wildman–Crippen LogP) is -0.498. The average molecular weight is 214 g/mol. The zero-order chi connectivity index (χ0) is 10.8. The number of primary amides is 1. The lowest BCUT2D eigenvalue weighted by atomic mass is 10.1. The van der Waals surface area contributed by atoms with Gasteiger partial charge in [-0.05, 0) is 5.56 Å². The predicted molar refractivity (Wildman–Crippen MR) is 51.5 cm³/mol. The molecule has 0 heterocycles. The van der Waals surface area contributed by atoms with E-state index in [1.54, 1.807) is 18.2 Å². The Morgan fingerprint density at radius 1 is 1.21 bits per heavy atom. The number of carbonyl (C=O) groups is 1. The minimum atomic E-state index is -3.99. The number of carbonyl (C=O) groups excluding carboxylic acids is 1. The van der Waals surface area contributed by atoms with E-state index in [-0.39, 0.29) is 5.56 Å². The normalized spacial score (nSPS) is 13.5. The summed E-state index contributed by atoms with van der Waals surface area (Å²) < 4.78 is 22.1. The van der Waals surface area contributed by atoms with Crippen molar-refractivity contribution in [3.8, 4) is 0 Å². The van der Waals surface area contributed by atoms with Crippen LogP contribution in [0.2, 0.25) is 0 Å². The largest absolute Gasteiger partial charge is 0.368 e. The summed E-state index contributed by atoms with van der Waals surface area (Å²) in [7, 11) is -3.99. The lowest BCUT2D eigenvalue weighted by Gasteiger charge is -2.10. The lowest BCUT2D eigenvalue weighted by molar-refractivity contribution is -0.117. The molecule has 0 saturated heterocycles. The van der Waals surface area contributed by atoms with Crippen molar-refractivity contribution in [2.75, 3.05) is 0 Å². The molecule has 5 nitrogen and oxygen atoms in total. The van der Waals surface area contributed by atoms with Gasteiger partial charge in [-0.1, -0.05) is 30.3 Å². The van der Waals surface area contributed by atoms with Crippen molar-refractivity contribution in [1.29, 1.82) is 0 Å². The second kappa shape index (κ2) is 3.77. The minimum Gasteiger partial charge on any atom is -0.368 e. The first-order chi connectivity index (χ1) is 6.43. The third-order valence-corrected chi connectivity index (χ3v) is 2.85. The molecule has 14 heavy (non-hydrogen) atoms. The number of amides is 1. The summed E-state index contributed by atoms with van der Waals surface area (Å²) >= 11 is 0. The van der Waals surface area contributed by atoms with E-state index in [9.17, 15) is 13.2 Å². The highest BCUT2D eigenvalue weighted by atomic mass is 32.2. The number of primary sulfonamides is 1. The van der Waals surface area contributed by atoms with E-state index >= 15 is 0 Å². The van der Waals surface area contributed by atoms with Crippen LogP contribution in [0.25, 0.3) is 0 Å². The zero-order valence-corrected chi connectivity index (χ0v) is 8.07. The van der Waals surface area contributed by atoms with Gasteiger partial charge in [-0.25, -0.2) is 13.6 Å². The maximum Gasteiger partial charge on any atom is 0.241 e. The van der Waals surface area contributed by atoms with Crippen LogP contribution >= 0.6 is 0 Å². The van der Waals surface area contributed by atoms with Gasteiger partial charge in [0, 0.05) is 0 Å². The highest BCUT2D eigenvalue weighted by molar-refractivity contribution is 7.90. The second-order valence-corrected chi connectivity index (χ2v) is 4.43. The first kappa shape index (κ1) is 10.7. The van der Waals surface area contributed by atoms with E-state index in [1.165, 1.54) is 12.1 Å². The molecule has 1 unspecified atom stereocenters.